The number of ether oxygens (including phenoxy) is 1. The Morgan fingerprint density at radius 3 is 2.86 bits per heavy atom. The van der Waals surface area contributed by atoms with Crippen molar-refractivity contribution in [3.63, 3.8) is 0 Å². The molecule has 0 radical (unpaired) electrons. The summed E-state index contributed by atoms with van der Waals surface area (Å²) in [4.78, 5) is 20.5. The van der Waals surface area contributed by atoms with Gasteiger partial charge in [0.25, 0.3) is 0 Å². The van der Waals surface area contributed by atoms with E-state index < -0.39 is 0 Å². The van der Waals surface area contributed by atoms with Crippen LogP contribution in [-0.2, 0) is 4.74 Å². The highest BCUT2D eigenvalue weighted by atomic mass is 16.6. The van der Waals surface area contributed by atoms with E-state index in [4.69, 9.17) is 4.74 Å². The van der Waals surface area contributed by atoms with Gasteiger partial charge in [-0.3, -0.25) is 0 Å². The minimum Gasteiger partial charge on any atom is -0.449 e. The SMILES string of the molecule is Cc1ccnc(N2CCCN(C(=O)OCC(C)C)CC2)c1. The molecule has 1 aromatic heterocycles. The molecule has 0 unspecified atom stereocenters. The zero-order valence-electron chi connectivity index (χ0n) is 13.2. The largest absolute Gasteiger partial charge is 0.449 e. The molecule has 1 fully saturated rings. The number of aryl methyl sites for hydroxylation is 1. The molecule has 1 amide bonds. The number of nitrogens with zero attached hydrogens (tertiary/aromatic N) is 3. The molecular weight excluding hydrogens is 266 g/mol. The molecule has 0 N–H and O–H groups in total. The summed E-state index contributed by atoms with van der Waals surface area (Å²) in [6.45, 7) is 9.79. The Bertz CT molecular complexity index is 476. The van der Waals surface area contributed by atoms with E-state index in [1.54, 1.807) is 4.90 Å². The van der Waals surface area contributed by atoms with Crippen LogP contribution in [0.2, 0.25) is 0 Å². The number of carbonyl (C=O) groups excluding carboxylic acids is 1. The molecule has 5 heteroatoms. The Hall–Kier alpha value is -1.78. The average Bonchev–Trinajstić information content (AvgIpc) is 2.70. The first kappa shape index (κ1) is 15.6. The summed E-state index contributed by atoms with van der Waals surface area (Å²) < 4.78 is 5.31. The van der Waals surface area contributed by atoms with Crippen LogP contribution >= 0.6 is 0 Å². The van der Waals surface area contributed by atoms with E-state index in [9.17, 15) is 4.79 Å². The van der Waals surface area contributed by atoms with E-state index in [2.05, 4.69) is 22.9 Å². The highest BCUT2D eigenvalue weighted by molar-refractivity contribution is 5.67. The van der Waals surface area contributed by atoms with Crippen molar-refractivity contribution in [2.45, 2.75) is 27.2 Å². The summed E-state index contributed by atoms with van der Waals surface area (Å²) in [5.41, 5.74) is 1.21. The number of hydrogen-bond acceptors (Lipinski definition) is 4. The van der Waals surface area contributed by atoms with E-state index in [1.807, 2.05) is 26.1 Å². The molecule has 0 aliphatic carbocycles. The molecule has 1 saturated heterocycles. The van der Waals surface area contributed by atoms with Crippen molar-refractivity contribution in [1.82, 2.24) is 9.88 Å². The second kappa shape index (κ2) is 7.29. The zero-order valence-corrected chi connectivity index (χ0v) is 13.2. The number of anilines is 1. The first-order valence-electron chi connectivity index (χ1n) is 7.65. The van der Waals surface area contributed by atoms with Gasteiger partial charge in [-0.15, -0.1) is 0 Å². The Kier molecular flexibility index (Phi) is 5.42. The smallest absolute Gasteiger partial charge is 0.409 e. The van der Waals surface area contributed by atoms with Crippen LogP contribution in [-0.4, -0.2) is 48.8 Å². The Morgan fingerprint density at radius 2 is 2.14 bits per heavy atom. The van der Waals surface area contributed by atoms with Gasteiger partial charge in [-0.2, -0.15) is 0 Å². The van der Waals surface area contributed by atoms with Gasteiger partial charge >= 0.3 is 6.09 Å². The molecule has 0 aromatic carbocycles. The van der Waals surface area contributed by atoms with Crippen LogP contribution < -0.4 is 4.90 Å². The number of hydrogen-bond donors (Lipinski definition) is 0. The van der Waals surface area contributed by atoms with Crippen molar-refractivity contribution < 1.29 is 9.53 Å². The molecule has 116 valence electrons. The van der Waals surface area contributed by atoms with Crippen molar-refractivity contribution in [2.75, 3.05) is 37.7 Å². The van der Waals surface area contributed by atoms with Crippen molar-refractivity contribution in [3.8, 4) is 0 Å². The standard InChI is InChI=1S/C16H25N3O2/c1-13(2)12-21-16(20)19-8-4-7-18(9-10-19)15-11-14(3)5-6-17-15/h5-6,11,13H,4,7-10,12H2,1-3H3. The second-order valence-corrected chi connectivity index (χ2v) is 5.99. The lowest BCUT2D eigenvalue weighted by Gasteiger charge is -2.23. The normalized spacial score (nSPS) is 16.0. The predicted molar refractivity (Wildman–Crippen MR) is 83.6 cm³/mol. The van der Waals surface area contributed by atoms with Crippen LogP contribution in [0.3, 0.4) is 0 Å². The summed E-state index contributed by atoms with van der Waals surface area (Å²) in [6.07, 6.45) is 2.58. The van der Waals surface area contributed by atoms with Gasteiger partial charge in [0.1, 0.15) is 5.82 Å². The molecule has 0 spiro atoms. The maximum absolute atomic E-state index is 12.0. The van der Waals surface area contributed by atoms with E-state index >= 15 is 0 Å². The van der Waals surface area contributed by atoms with E-state index in [-0.39, 0.29) is 6.09 Å². The lowest BCUT2D eigenvalue weighted by Crippen LogP contribution is -2.36. The first-order valence-corrected chi connectivity index (χ1v) is 7.65. The lowest BCUT2D eigenvalue weighted by molar-refractivity contribution is 0.0943. The van der Waals surface area contributed by atoms with Crippen LogP contribution in [0.25, 0.3) is 0 Å². The van der Waals surface area contributed by atoms with E-state index in [0.29, 0.717) is 19.1 Å². The number of pyridine rings is 1. The fraction of sp³-hybridized carbons (Fsp3) is 0.625. The Morgan fingerprint density at radius 1 is 1.33 bits per heavy atom. The number of aromatic nitrogens is 1. The minimum atomic E-state index is -0.192. The third kappa shape index (κ3) is 4.62. The molecule has 0 bridgehead atoms. The molecule has 1 aliphatic rings. The third-order valence-corrected chi connectivity index (χ3v) is 3.52. The van der Waals surface area contributed by atoms with Crippen molar-refractivity contribution in [3.05, 3.63) is 23.9 Å². The van der Waals surface area contributed by atoms with Gasteiger partial charge in [0.2, 0.25) is 0 Å². The second-order valence-electron chi connectivity index (χ2n) is 5.99. The quantitative estimate of drug-likeness (QED) is 0.859. The summed E-state index contributed by atoms with van der Waals surface area (Å²) in [5, 5.41) is 0. The third-order valence-electron chi connectivity index (χ3n) is 3.52. The Balaban J connectivity index is 1.91. The molecule has 0 saturated carbocycles. The number of carbonyl (C=O) groups is 1. The maximum Gasteiger partial charge on any atom is 0.409 e. The maximum atomic E-state index is 12.0. The number of amides is 1. The molecule has 2 heterocycles. The zero-order chi connectivity index (χ0) is 15.2. The molecule has 1 aliphatic heterocycles. The van der Waals surface area contributed by atoms with Crippen LogP contribution in [0.1, 0.15) is 25.8 Å². The van der Waals surface area contributed by atoms with Gasteiger partial charge in [-0.25, -0.2) is 9.78 Å². The van der Waals surface area contributed by atoms with Gasteiger partial charge in [-0.1, -0.05) is 13.8 Å². The summed E-state index contributed by atoms with van der Waals surface area (Å²) in [7, 11) is 0. The summed E-state index contributed by atoms with van der Waals surface area (Å²) in [6, 6.07) is 4.09. The number of rotatable bonds is 3. The van der Waals surface area contributed by atoms with Crippen molar-refractivity contribution in [1.29, 1.82) is 0 Å². The molecular formula is C16H25N3O2. The first-order chi connectivity index (χ1) is 10.1. The predicted octanol–water partition coefficient (Wildman–Crippen LogP) is 2.69. The van der Waals surface area contributed by atoms with Gasteiger partial charge in [-0.05, 0) is 37.0 Å². The molecule has 5 nitrogen and oxygen atoms in total. The fourth-order valence-corrected chi connectivity index (χ4v) is 2.35. The van der Waals surface area contributed by atoms with Crippen LogP contribution in [0.4, 0.5) is 10.6 Å². The lowest BCUT2D eigenvalue weighted by atomic mass is 10.2. The molecule has 0 atom stereocenters. The van der Waals surface area contributed by atoms with Crippen molar-refractivity contribution >= 4 is 11.9 Å². The average molecular weight is 291 g/mol. The van der Waals surface area contributed by atoms with Crippen molar-refractivity contribution in [2.24, 2.45) is 5.92 Å². The van der Waals surface area contributed by atoms with Crippen LogP contribution in [0, 0.1) is 12.8 Å². The van der Waals surface area contributed by atoms with Gasteiger partial charge in [0.15, 0.2) is 0 Å². The van der Waals surface area contributed by atoms with E-state index in [0.717, 1.165) is 31.9 Å². The van der Waals surface area contributed by atoms with E-state index in [1.165, 1.54) is 5.56 Å². The highest BCUT2D eigenvalue weighted by Crippen LogP contribution is 2.15. The summed E-state index contributed by atoms with van der Waals surface area (Å²) >= 11 is 0. The van der Waals surface area contributed by atoms with Crippen LogP contribution in [0.15, 0.2) is 18.3 Å². The molecule has 1 aromatic rings. The van der Waals surface area contributed by atoms with Gasteiger partial charge < -0.3 is 14.5 Å². The molecule has 21 heavy (non-hydrogen) atoms. The summed E-state index contributed by atoms with van der Waals surface area (Å²) in [5.74, 6) is 1.36. The fourth-order valence-electron chi connectivity index (χ4n) is 2.35. The topological polar surface area (TPSA) is 45.7 Å². The van der Waals surface area contributed by atoms with Gasteiger partial charge in [0.05, 0.1) is 6.61 Å². The monoisotopic (exact) mass is 291 g/mol. The van der Waals surface area contributed by atoms with Gasteiger partial charge in [0, 0.05) is 32.4 Å². The molecule has 2 rings (SSSR count). The highest BCUT2D eigenvalue weighted by Gasteiger charge is 2.21. The Labute approximate surface area is 126 Å². The minimum absolute atomic E-state index is 0.192. The van der Waals surface area contributed by atoms with Crippen LogP contribution in [0.5, 0.6) is 0 Å².